The zero-order chi connectivity index (χ0) is 27.2. The lowest BCUT2D eigenvalue weighted by Crippen LogP contribution is -2.21. The molecule has 1 fully saturated rings. The number of hydrogen-bond donors (Lipinski definition) is 1. The van der Waals surface area contributed by atoms with Crippen LogP contribution in [0, 0.1) is 18.7 Å². The first-order valence-corrected chi connectivity index (χ1v) is 12.1. The number of methoxy groups -OCH3 is 1. The topological polar surface area (TPSA) is 81.9 Å². The van der Waals surface area contributed by atoms with Crippen LogP contribution in [0.4, 0.5) is 23.4 Å². The van der Waals surface area contributed by atoms with Gasteiger partial charge in [-0.05, 0) is 56.4 Å². The van der Waals surface area contributed by atoms with Gasteiger partial charge in [-0.1, -0.05) is 29.8 Å². The van der Waals surface area contributed by atoms with Gasteiger partial charge >= 0.3 is 12.1 Å². The third-order valence-electron chi connectivity index (χ3n) is 6.62. The number of benzene rings is 2. The molecule has 5 rings (SSSR count). The molecule has 1 aliphatic carbocycles. The first-order valence-electron chi connectivity index (χ1n) is 12.1. The van der Waals surface area contributed by atoms with E-state index in [1.54, 1.807) is 4.57 Å². The summed E-state index contributed by atoms with van der Waals surface area (Å²) in [5.74, 6) is -1.11. The van der Waals surface area contributed by atoms with Crippen molar-refractivity contribution in [2.24, 2.45) is 5.92 Å². The van der Waals surface area contributed by atoms with E-state index in [0.29, 0.717) is 28.6 Å². The van der Waals surface area contributed by atoms with E-state index in [2.05, 4.69) is 20.3 Å². The lowest BCUT2D eigenvalue weighted by atomic mass is 10.1. The standard InChI is InChI=1S/C27H25F4N5O2/c1-14-5-4-6-18(11-14)25-35-23-21(36(25)13-16-7-10-20(28)19(12-16)27(29,30)31)22(32-15(2)17-8-9-17)33-24(34-23)26(37)38-3/h4-7,10-12,15,17H,8-9,13H2,1-3H3,(H,32,33,34). The number of aryl methyl sites for hydroxylation is 1. The molecular weight excluding hydrogens is 502 g/mol. The number of carbonyl (C=O) groups is 1. The van der Waals surface area contributed by atoms with Crippen LogP contribution in [-0.2, 0) is 17.5 Å². The van der Waals surface area contributed by atoms with E-state index in [9.17, 15) is 22.4 Å². The molecular formula is C27H25F4N5O2. The number of rotatable bonds is 7. The molecule has 2 aromatic carbocycles. The molecule has 38 heavy (non-hydrogen) atoms. The molecule has 7 nitrogen and oxygen atoms in total. The second-order valence-electron chi connectivity index (χ2n) is 9.53. The number of imidazole rings is 1. The van der Waals surface area contributed by atoms with Crippen molar-refractivity contribution in [1.82, 2.24) is 19.5 Å². The number of carbonyl (C=O) groups excluding carboxylic acids is 1. The van der Waals surface area contributed by atoms with Crippen LogP contribution >= 0.6 is 0 Å². The lowest BCUT2D eigenvalue weighted by Gasteiger charge is -2.17. The molecule has 0 spiro atoms. The normalized spacial score (nSPS) is 14.5. The fraction of sp³-hybridized carbons (Fsp3) is 0.333. The molecule has 198 valence electrons. The minimum absolute atomic E-state index is 0.0204. The first-order chi connectivity index (χ1) is 18.0. The number of fused-ring (bicyclic) bond motifs is 1. The molecule has 0 amide bonds. The van der Waals surface area contributed by atoms with Gasteiger partial charge in [-0.15, -0.1) is 0 Å². The zero-order valence-corrected chi connectivity index (χ0v) is 20.9. The second-order valence-corrected chi connectivity index (χ2v) is 9.53. The van der Waals surface area contributed by atoms with Crippen molar-refractivity contribution in [3.05, 3.63) is 70.8 Å². The van der Waals surface area contributed by atoms with Crippen LogP contribution < -0.4 is 5.32 Å². The molecule has 0 aliphatic heterocycles. The van der Waals surface area contributed by atoms with Crippen LogP contribution in [-0.4, -0.2) is 38.6 Å². The Morgan fingerprint density at radius 1 is 1.16 bits per heavy atom. The zero-order valence-electron chi connectivity index (χ0n) is 20.9. The third kappa shape index (κ3) is 5.05. The van der Waals surface area contributed by atoms with Gasteiger partial charge in [0.25, 0.3) is 0 Å². The van der Waals surface area contributed by atoms with Gasteiger partial charge in [0, 0.05) is 18.2 Å². The first kappa shape index (κ1) is 25.6. The molecule has 11 heteroatoms. The summed E-state index contributed by atoms with van der Waals surface area (Å²) >= 11 is 0. The number of anilines is 1. The molecule has 1 aliphatic rings. The van der Waals surface area contributed by atoms with Gasteiger partial charge in [-0.2, -0.15) is 13.2 Å². The van der Waals surface area contributed by atoms with Crippen LogP contribution in [0.1, 0.15) is 47.1 Å². The molecule has 0 radical (unpaired) electrons. The Hall–Kier alpha value is -4.02. The Labute approximate surface area is 215 Å². The Balaban J connectivity index is 1.74. The monoisotopic (exact) mass is 527 g/mol. The highest BCUT2D eigenvalue weighted by Gasteiger charge is 2.34. The number of hydrogen-bond acceptors (Lipinski definition) is 6. The summed E-state index contributed by atoms with van der Waals surface area (Å²) in [6.07, 6.45) is -2.74. The van der Waals surface area contributed by atoms with E-state index >= 15 is 0 Å². The van der Waals surface area contributed by atoms with Gasteiger partial charge in [0.15, 0.2) is 11.5 Å². The van der Waals surface area contributed by atoms with Gasteiger partial charge in [0.1, 0.15) is 17.2 Å². The van der Waals surface area contributed by atoms with E-state index in [0.717, 1.165) is 30.5 Å². The van der Waals surface area contributed by atoms with Crippen molar-refractivity contribution < 1.29 is 27.1 Å². The molecule has 1 N–H and O–H groups in total. The Bertz CT molecular complexity index is 1530. The van der Waals surface area contributed by atoms with Crippen LogP contribution in [0.3, 0.4) is 0 Å². The number of nitrogens with one attached hydrogen (secondary N) is 1. The SMILES string of the molecule is COC(=O)c1nc(NC(C)C2CC2)c2c(n1)nc(-c1cccc(C)c1)n2Cc1ccc(F)c(C(F)(F)F)c1. The Morgan fingerprint density at radius 2 is 1.92 bits per heavy atom. The quantitative estimate of drug-likeness (QED) is 0.234. The smallest absolute Gasteiger partial charge is 0.419 e. The molecule has 1 atom stereocenters. The number of esters is 1. The van der Waals surface area contributed by atoms with Gasteiger partial charge in [-0.25, -0.2) is 24.1 Å². The summed E-state index contributed by atoms with van der Waals surface area (Å²) in [5, 5.41) is 3.35. The molecule has 0 saturated heterocycles. The van der Waals surface area contributed by atoms with Gasteiger partial charge in [-0.3, -0.25) is 0 Å². The van der Waals surface area contributed by atoms with E-state index < -0.39 is 23.5 Å². The highest BCUT2D eigenvalue weighted by Crippen LogP contribution is 2.37. The van der Waals surface area contributed by atoms with Gasteiger partial charge in [0.05, 0.1) is 12.7 Å². The van der Waals surface area contributed by atoms with Crippen molar-refractivity contribution in [1.29, 1.82) is 0 Å². The number of aromatic nitrogens is 4. The minimum atomic E-state index is -4.85. The summed E-state index contributed by atoms with van der Waals surface area (Å²) in [4.78, 5) is 25.8. The highest BCUT2D eigenvalue weighted by atomic mass is 19.4. The van der Waals surface area contributed by atoms with E-state index in [4.69, 9.17) is 4.74 Å². The van der Waals surface area contributed by atoms with Crippen molar-refractivity contribution in [3.8, 4) is 11.4 Å². The van der Waals surface area contributed by atoms with E-state index in [-0.39, 0.29) is 29.6 Å². The molecule has 1 unspecified atom stereocenters. The summed E-state index contributed by atoms with van der Waals surface area (Å²) in [6, 6.07) is 10.4. The number of halogens is 4. The van der Waals surface area contributed by atoms with Crippen molar-refractivity contribution in [3.63, 3.8) is 0 Å². The molecule has 2 aromatic heterocycles. The summed E-state index contributed by atoms with van der Waals surface area (Å²) in [5.41, 5.74) is 1.11. The van der Waals surface area contributed by atoms with Crippen LogP contribution in [0.5, 0.6) is 0 Å². The summed E-state index contributed by atoms with van der Waals surface area (Å²) < 4.78 is 60.9. The average Bonchev–Trinajstić information content (AvgIpc) is 3.66. The lowest BCUT2D eigenvalue weighted by molar-refractivity contribution is -0.140. The van der Waals surface area contributed by atoms with E-state index in [1.165, 1.54) is 13.2 Å². The predicted molar refractivity (Wildman–Crippen MR) is 133 cm³/mol. The summed E-state index contributed by atoms with van der Waals surface area (Å²) in [7, 11) is 1.22. The Morgan fingerprint density at radius 3 is 2.58 bits per heavy atom. The van der Waals surface area contributed by atoms with Crippen molar-refractivity contribution in [2.75, 3.05) is 12.4 Å². The molecule has 2 heterocycles. The van der Waals surface area contributed by atoms with Gasteiger partial charge < -0.3 is 14.6 Å². The fourth-order valence-corrected chi connectivity index (χ4v) is 4.48. The second kappa shape index (κ2) is 9.70. The number of ether oxygens (including phenoxy) is 1. The Kier molecular flexibility index (Phi) is 6.54. The largest absolute Gasteiger partial charge is 0.463 e. The molecule has 0 bridgehead atoms. The predicted octanol–water partition coefficient (Wildman–Crippen LogP) is 6.00. The fourth-order valence-electron chi connectivity index (χ4n) is 4.48. The maximum Gasteiger partial charge on any atom is 0.419 e. The maximum atomic E-state index is 14.0. The maximum absolute atomic E-state index is 14.0. The van der Waals surface area contributed by atoms with Crippen molar-refractivity contribution in [2.45, 2.75) is 45.5 Å². The molecule has 1 saturated carbocycles. The number of nitrogens with zero attached hydrogens (tertiary/aromatic N) is 4. The van der Waals surface area contributed by atoms with Crippen molar-refractivity contribution >= 4 is 23.0 Å². The van der Waals surface area contributed by atoms with E-state index in [1.807, 2.05) is 38.1 Å². The van der Waals surface area contributed by atoms with Crippen LogP contribution in [0.2, 0.25) is 0 Å². The van der Waals surface area contributed by atoms with Crippen LogP contribution in [0.25, 0.3) is 22.6 Å². The third-order valence-corrected chi connectivity index (χ3v) is 6.62. The van der Waals surface area contributed by atoms with Crippen LogP contribution in [0.15, 0.2) is 42.5 Å². The highest BCUT2D eigenvalue weighted by molar-refractivity contribution is 5.93. The average molecular weight is 528 g/mol. The molecule has 4 aromatic rings. The van der Waals surface area contributed by atoms with Gasteiger partial charge in [0.2, 0.25) is 5.82 Å². The summed E-state index contributed by atoms with van der Waals surface area (Å²) in [6.45, 7) is 3.84. The minimum Gasteiger partial charge on any atom is -0.463 e. The number of alkyl halides is 3.